The molecule has 2 unspecified atom stereocenters. The number of nitrogens with zero attached hydrogens (tertiary/aromatic N) is 2. The Morgan fingerprint density at radius 3 is 2.56 bits per heavy atom. The standard InChI is InChI=1S/C30H38F2N4O6S/c1-3-4-10-35-18-21(15-28(35)37)29(38)34-24(14-20-12-22(31)16-23(32)13-20)17-25-19-36(11-9-33-25)43(40,41)27-8-6-5-7-26(27)30(39)42-2/h5-8,12-13,16,21,24-25,33H,3-4,9-11,14-15,17-19H2,1-2H3,(H,34,38)/t21?,24?,25-/m0/s1. The smallest absolute Gasteiger partial charge is 0.339 e. The van der Waals surface area contributed by atoms with Crippen molar-refractivity contribution < 1.29 is 36.3 Å². The third kappa shape index (κ3) is 8.15. The Morgan fingerprint density at radius 2 is 1.86 bits per heavy atom. The van der Waals surface area contributed by atoms with E-state index in [1.807, 2.05) is 6.92 Å². The minimum atomic E-state index is -4.08. The number of amides is 2. The van der Waals surface area contributed by atoms with E-state index in [1.165, 1.54) is 41.7 Å². The Kier molecular flexibility index (Phi) is 10.9. The second kappa shape index (κ2) is 14.4. The summed E-state index contributed by atoms with van der Waals surface area (Å²) in [5, 5.41) is 6.26. The lowest BCUT2D eigenvalue weighted by Gasteiger charge is -2.35. The van der Waals surface area contributed by atoms with Gasteiger partial charge in [0.05, 0.1) is 23.5 Å². The molecule has 2 aliphatic rings. The minimum absolute atomic E-state index is 0.0361. The van der Waals surface area contributed by atoms with Gasteiger partial charge in [-0.15, -0.1) is 0 Å². The molecule has 2 aromatic carbocycles. The van der Waals surface area contributed by atoms with Crippen molar-refractivity contribution in [2.75, 3.05) is 39.8 Å². The third-order valence-electron chi connectivity index (χ3n) is 7.82. The third-order valence-corrected chi connectivity index (χ3v) is 9.74. The zero-order chi connectivity index (χ0) is 31.1. The van der Waals surface area contributed by atoms with E-state index in [9.17, 15) is 31.6 Å². The maximum Gasteiger partial charge on any atom is 0.339 e. The Labute approximate surface area is 250 Å². The van der Waals surface area contributed by atoms with E-state index in [-0.39, 0.29) is 54.6 Å². The number of carbonyl (C=O) groups is 3. The first-order chi connectivity index (χ1) is 20.5. The summed E-state index contributed by atoms with van der Waals surface area (Å²) in [6, 6.07) is 7.94. The zero-order valence-electron chi connectivity index (χ0n) is 24.4. The van der Waals surface area contributed by atoms with Crippen molar-refractivity contribution in [3.05, 3.63) is 65.2 Å². The van der Waals surface area contributed by atoms with E-state index < -0.39 is 45.6 Å². The molecule has 43 heavy (non-hydrogen) atoms. The summed E-state index contributed by atoms with van der Waals surface area (Å²) in [4.78, 5) is 39.6. The summed E-state index contributed by atoms with van der Waals surface area (Å²) in [7, 11) is -2.90. The fraction of sp³-hybridized carbons (Fsp3) is 0.500. The molecule has 2 aromatic rings. The highest BCUT2D eigenvalue weighted by Crippen LogP contribution is 2.24. The fourth-order valence-electron chi connectivity index (χ4n) is 5.66. The van der Waals surface area contributed by atoms with Gasteiger partial charge in [0.2, 0.25) is 21.8 Å². The highest BCUT2D eigenvalue weighted by Gasteiger charge is 2.37. The maximum atomic E-state index is 14.0. The summed E-state index contributed by atoms with van der Waals surface area (Å²) in [5.74, 6) is -3.23. The number of halogens is 2. The van der Waals surface area contributed by atoms with Crippen LogP contribution in [0.2, 0.25) is 0 Å². The molecule has 2 heterocycles. The number of hydrogen-bond acceptors (Lipinski definition) is 7. The number of methoxy groups -OCH3 is 1. The van der Waals surface area contributed by atoms with Gasteiger partial charge in [-0.1, -0.05) is 25.5 Å². The molecule has 2 aliphatic heterocycles. The lowest BCUT2D eigenvalue weighted by Crippen LogP contribution is -2.55. The van der Waals surface area contributed by atoms with Crippen LogP contribution in [-0.4, -0.2) is 87.3 Å². The van der Waals surface area contributed by atoms with Crippen LogP contribution in [0, 0.1) is 17.6 Å². The molecular weight excluding hydrogens is 582 g/mol. The molecule has 2 saturated heterocycles. The first-order valence-electron chi connectivity index (χ1n) is 14.5. The van der Waals surface area contributed by atoms with E-state index in [2.05, 4.69) is 10.6 Å². The van der Waals surface area contributed by atoms with Crippen LogP contribution in [0.5, 0.6) is 0 Å². The Morgan fingerprint density at radius 1 is 1.14 bits per heavy atom. The molecule has 0 aliphatic carbocycles. The highest BCUT2D eigenvalue weighted by molar-refractivity contribution is 7.89. The van der Waals surface area contributed by atoms with E-state index in [1.54, 1.807) is 11.0 Å². The summed E-state index contributed by atoms with van der Waals surface area (Å²) in [5.41, 5.74) is 0.264. The maximum absolute atomic E-state index is 14.0. The molecule has 2 fully saturated rings. The van der Waals surface area contributed by atoms with Crippen molar-refractivity contribution in [3.8, 4) is 0 Å². The van der Waals surface area contributed by atoms with Crippen molar-refractivity contribution in [1.29, 1.82) is 0 Å². The molecule has 4 rings (SSSR count). The lowest BCUT2D eigenvalue weighted by molar-refractivity contribution is -0.129. The molecule has 2 amide bonds. The van der Waals surface area contributed by atoms with Crippen LogP contribution in [0.15, 0.2) is 47.4 Å². The SMILES string of the molecule is CCCCN1CC(C(=O)NC(Cc2cc(F)cc(F)c2)C[C@H]2CN(S(=O)(=O)c3ccccc3C(=O)OC)CCN2)CC1=O. The average molecular weight is 621 g/mol. The van der Waals surface area contributed by atoms with E-state index >= 15 is 0 Å². The molecule has 3 atom stereocenters. The molecule has 0 bridgehead atoms. The van der Waals surface area contributed by atoms with Crippen molar-refractivity contribution in [3.63, 3.8) is 0 Å². The molecule has 234 valence electrons. The normalized spacial score (nSPS) is 20.2. The number of piperazine rings is 1. The van der Waals surface area contributed by atoms with Crippen LogP contribution in [0.1, 0.15) is 48.5 Å². The van der Waals surface area contributed by atoms with Gasteiger partial charge in [0, 0.05) is 57.3 Å². The van der Waals surface area contributed by atoms with Crippen LogP contribution in [-0.2, 0) is 30.8 Å². The second-order valence-electron chi connectivity index (χ2n) is 11.0. The Balaban J connectivity index is 1.51. The van der Waals surface area contributed by atoms with Crippen LogP contribution in [0.4, 0.5) is 8.78 Å². The van der Waals surface area contributed by atoms with Crippen LogP contribution >= 0.6 is 0 Å². The highest BCUT2D eigenvalue weighted by atomic mass is 32.2. The Hall–Kier alpha value is -3.42. The number of sulfonamides is 1. The molecule has 13 heteroatoms. The lowest BCUT2D eigenvalue weighted by atomic mass is 9.97. The van der Waals surface area contributed by atoms with E-state index in [0.717, 1.165) is 18.9 Å². The number of likely N-dealkylation sites (tertiary alicyclic amines) is 1. The quantitative estimate of drug-likeness (QED) is 0.350. The number of carbonyl (C=O) groups excluding carboxylic acids is 3. The molecule has 0 radical (unpaired) electrons. The van der Waals surface area contributed by atoms with Gasteiger partial charge in [0.25, 0.3) is 0 Å². The first kappa shape index (κ1) is 32.5. The monoisotopic (exact) mass is 620 g/mol. The van der Waals surface area contributed by atoms with Gasteiger partial charge in [-0.3, -0.25) is 9.59 Å². The van der Waals surface area contributed by atoms with Gasteiger partial charge in [-0.25, -0.2) is 22.0 Å². The van der Waals surface area contributed by atoms with Crippen LogP contribution < -0.4 is 10.6 Å². The van der Waals surface area contributed by atoms with Crippen molar-refractivity contribution in [1.82, 2.24) is 19.8 Å². The number of rotatable bonds is 12. The van der Waals surface area contributed by atoms with E-state index in [4.69, 9.17) is 4.74 Å². The van der Waals surface area contributed by atoms with Gasteiger partial charge < -0.3 is 20.3 Å². The summed E-state index contributed by atoms with van der Waals surface area (Å²) in [6.07, 6.45) is 2.18. The van der Waals surface area contributed by atoms with Gasteiger partial charge in [-0.2, -0.15) is 4.31 Å². The Bertz CT molecular complexity index is 1420. The zero-order valence-corrected chi connectivity index (χ0v) is 25.2. The predicted octanol–water partition coefficient (Wildman–Crippen LogP) is 2.48. The summed E-state index contributed by atoms with van der Waals surface area (Å²) < 4.78 is 61.3. The van der Waals surface area contributed by atoms with Crippen molar-refractivity contribution >= 4 is 27.8 Å². The number of benzene rings is 2. The molecule has 0 saturated carbocycles. The topological polar surface area (TPSA) is 125 Å². The predicted molar refractivity (Wildman–Crippen MR) is 155 cm³/mol. The number of nitrogens with one attached hydrogen (secondary N) is 2. The first-order valence-corrected chi connectivity index (χ1v) is 15.9. The average Bonchev–Trinajstić information content (AvgIpc) is 3.35. The minimum Gasteiger partial charge on any atom is -0.465 e. The van der Waals surface area contributed by atoms with Crippen molar-refractivity contribution in [2.45, 2.75) is 56.0 Å². The molecule has 0 spiro atoms. The van der Waals surface area contributed by atoms with Gasteiger partial charge >= 0.3 is 5.97 Å². The molecule has 2 N–H and O–H groups in total. The number of ether oxygens (including phenoxy) is 1. The molecule has 10 nitrogen and oxygen atoms in total. The number of esters is 1. The van der Waals surface area contributed by atoms with Gasteiger partial charge in [0.15, 0.2) is 0 Å². The molecular formula is C30H38F2N4O6S. The van der Waals surface area contributed by atoms with Gasteiger partial charge in [0.1, 0.15) is 11.6 Å². The number of hydrogen-bond donors (Lipinski definition) is 2. The van der Waals surface area contributed by atoms with Crippen LogP contribution in [0.25, 0.3) is 0 Å². The largest absolute Gasteiger partial charge is 0.465 e. The van der Waals surface area contributed by atoms with Crippen LogP contribution in [0.3, 0.4) is 0 Å². The summed E-state index contributed by atoms with van der Waals surface area (Å²) in [6.45, 7) is 3.41. The van der Waals surface area contributed by atoms with Crippen molar-refractivity contribution in [2.24, 2.45) is 5.92 Å². The second-order valence-corrected chi connectivity index (χ2v) is 12.9. The van der Waals surface area contributed by atoms with E-state index in [0.29, 0.717) is 25.2 Å². The fourth-order valence-corrected chi connectivity index (χ4v) is 7.33. The number of unbranched alkanes of at least 4 members (excludes halogenated alkanes) is 1. The summed E-state index contributed by atoms with van der Waals surface area (Å²) >= 11 is 0. The van der Waals surface area contributed by atoms with Gasteiger partial charge in [-0.05, 0) is 49.1 Å². The molecule has 0 aromatic heterocycles.